The predicted molar refractivity (Wildman–Crippen MR) is 130 cm³/mol. The normalized spacial score (nSPS) is 14.6. The van der Waals surface area contributed by atoms with Gasteiger partial charge in [0.2, 0.25) is 0 Å². The quantitative estimate of drug-likeness (QED) is 0.380. The van der Waals surface area contributed by atoms with E-state index >= 15 is 0 Å². The predicted octanol–water partition coefficient (Wildman–Crippen LogP) is 5.17. The minimum absolute atomic E-state index is 0.177. The van der Waals surface area contributed by atoms with Gasteiger partial charge in [-0.05, 0) is 36.4 Å². The van der Waals surface area contributed by atoms with E-state index in [9.17, 15) is 13.2 Å². The van der Waals surface area contributed by atoms with Crippen molar-refractivity contribution in [3.05, 3.63) is 72.4 Å². The second kappa shape index (κ2) is 10.5. The summed E-state index contributed by atoms with van der Waals surface area (Å²) in [4.78, 5) is 15.7. The Morgan fingerprint density at radius 1 is 0.972 bits per heavy atom. The topological polar surface area (TPSA) is 72.4 Å². The van der Waals surface area contributed by atoms with E-state index in [2.05, 4.69) is 25.2 Å². The summed E-state index contributed by atoms with van der Waals surface area (Å²) in [7, 11) is 0. The molecule has 0 bridgehead atoms. The summed E-state index contributed by atoms with van der Waals surface area (Å²) in [5.74, 6) is 0.405. The molecule has 0 aliphatic carbocycles. The zero-order chi connectivity index (χ0) is 25.0. The number of hydrogen-bond acceptors (Lipinski definition) is 7. The van der Waals surface area contributed by atoms with Crippen molar-refractivity contribution in [2.45, 2.75) is 6.18 Å². The maximum absolute atomic E-state index is 12.9. The van der Waals surface area contributed by atoms with Gasteiger partial charge in [-0.2, -0.15) is 23.1 Å². The Morgan fingerprint density at radius 3 is 2.56 bits per heavy atom. The third kappa shape index (κ3) is 5.89. The SMILES string of the molecule is FC(F)(F)c1ccc(Nc2cc(-c3ccc4cccnc4c3)nc(OCCN3CCOCC3)n2)cc1. The lowest BCUT2D eigenvalue weighted by Gasteiger charge is -2.26. The molecule has 1 N–H and O–H groups in total. The van der Waals surface area contributed by atoms with Crippen molar-refractivity contribution in [1.29, 1.82) is 0 Å². The lowest BCUT2D eigenvalue weighted by molar-refractivity contribution is -0.137. The monoisotopic (exact) mass is 495 g/mol. The fraction of sp³-hybridized carbons (Fsp3) is 0.269. The van der Waals surface area contributed by atoms with Crippen LogP contribution in [0.25, 0.3) is 22.2 Å². The van der Waals surface area contributed by atoms with Gasteiger partial charge in [-0.1, -0.05) is 18.2 Å². The zero-order valence-corrected chi connectivity index (χ0v) is 19.3. The van der Waals surface area contributed by atoms with Crippen LogP contribution in [0.1, 0.15) is 5.56 Å². The molecule has 0 unspecified atom stereocenters. The van der Waals surface area contributed by atoms with E-state index in [0.717, 1.165) is 41.7 Å². The number of hydrogen-bond donors (Lipinski definition) is 1. The maximum atomic E-state index is 12.9. The molecule has 2 aromatic heterocycles. The standard InChI is InChI=1S/C26H24F3N5O2/c27-26(28,29)20-5-7-21(8-6-20)31-24-17-23(19-4-3-18-2-1-9-30-22(18)16-19)32-25(33-24)36-15-12-34-10-13-35-14-11-34/h1-9,16-17H,10-15H2,(H,31,32,33). The van der Waals surface area contributed by atoms with E-state index in [1.165, 1.54) is 12.1 Å². The molecule has 2 aromatic carbocycles. The Morgan fingerprint density at radius 2 is 1.78 bits per heavy atom. The average molecular weight is 496 g/mol. The van der Waals surface area contributed by atoms with Gasteiger partial charge >= 0.3 is 12.2 Å². The number of morpholine rings is 1. The lowest BCUT2D eigenvalue weighted by atomic mass is 10.1. The molecule has 0 atom stereocenters. The van der Waals surface area contributed by atoms with Crippen LogP contribution in [0.4, 0.5) is 24.7 Å². The highest BCUT2D eigenvalue weighted by Crippen LogP contribution is 2.31. The van der Waals surface area contributed by atoms with Crippen molar-refractivity contribution in [3.63, 3.8) is 0 Å². The number of aromatic nitrogens is 3. The van der Waals surface area contributed by atoms with Crippen LogP contribution in [0.15, 0.2) is 66.9 Å². The Bertz CT molecular complexity index is 1330. The number of ether oxygens (including phenoxy) is 2. The van der Waals surface area contributed by atoms with E-state index in [-0.39, 0.29) is 6.01 Å². The molecule has 3 heterocycles. The first-order chi connectivity index (χ1) is 17.4. The largest absolute Gasteiger partial charge is 0.462 e. The number of fused-ring (bicyclic) bond motifs is 1. The van der Waals surface area contributed by atoms with Crippen molar-refractivity contribution >= 4 is 22.4 Å². The van der Waals surface area contributed by atoms with Crippen LogP contribution in [-0.4, -0.2) is 59.3 Å². The van der Waals surface area contributed by atoms with Gasteiger partial charge < -0.3 is 14.8 Å². The molecule has 10 heteroatoms. The van der Waals surface area contributed by atoms with Crippen LogP contribution in [0.2, 0.25) is 0 Å². The Balaban J connectivity index is 1.40. The van der Waals surface area contributed by atoms with Crippen LogP contribution in [0.3, 0.4) is 0 Å². The second-order valence-electron chi connectivity index (χ2n) is 8.33. The van der Waals surface area contributed by atoms with Gasteiger partial charge in [0.05, 0.1) is 30.0 Å². The third-order valence-corrected chi connectivity index (χ3v) is 5.83. The number of halogens is 3. The summed E-state index contributed by atoms with van der Waals surface area (Å²) in [6.45, 7) is 4.18. The number of nitrogens with one attached hydrogen (secondary N) is 1. The highest BCUT2D eigenvalue weighted by atomic mass is 19.4. The third-order valence-electron chi connectivity index (χ3n) is 5.83. The summed E-state index contributed by atoms with van der Waals surface area (Å²) in [5, 5.41) is 4.07. The van der Waals surface area contributed by atoms with Crippen molar-refractivity contribution in [2.24, 2.45) is 0 Å². The molecule has 1 saturated heterocycles. The first-order valence-electron chi connectivity index (χ1n) is 11.6. The fourth-order valence-corrected chi connectivity index (χ4v) is 3.91. The lowest BCUT2D eigenvalue weighted by Crippen LogP contribution is -2.38. The van der Waals surface area contributed by atoms with Gasteiger partial charge in [0.15, 0.2) is 0 Å². The van der Waals surface area contributed by atoms with Crippen LogP contribution in [0, 0.1) is 0 Å². The van der Waals surface area contributed by atoms with Crippen LogP contribution in [-0.2, 0) is 10.9 Å². The van der Waals surface area contributed by atoms with E-state index in [4.69, 9.17) is 9.47 Å². The highest BCUT2D eigenvalue weighted by molar-refractivity contribution is 5.83. The first-order valence-corrected chi connectivity index (χ1v) is 11.6. The molecule has 0 radical (unpaired) electrons. The molecule has 4 aromatic rings. The van der Waals surface area contributed by atoms with Crippen molar-refractivity contribution < 1.29 is 22.6 Å². The van der Waals surface area contributed by atoms with Crippen LogP contribution in [0.5, 0.6) is 6.01 Å². The van der Waals surface area contributed by atoms with Gasteiger partial charge in [-0.15, -0.1) is 0 Å². The number of nitrogens with zero attached hydrogens (tertiary/aromatic N) is 4. The highest BCUT2D eigenvalue weighted by Gasteiger charge is 2.30. The van der Waals surface area contributed by atoms with Gasteiger partial charge in [0.25, 0.3) is 0 Å². The molecule has 7 nitrogen and oxygen atoms in total. The number of pyridine rings is 1. The summed E-state index contributed by atoms with van der Waals surface area (Å²) in [6, 6.07) is 16.4. The van der Waals surface area contributed by atoms with Gasteiger partial charge in [0, 0.05) is 48.5 Å². The molecule has 5 rings (SSSR count). The molecule has 1 aliphatic rings. The number of anilines is 2. The fourth-order valence-electron chi connectivity index (χ4n) is 3.91. The van der Waals surface area contributed by atoms with E-state index < -0.39 is 11.7 Å². The number of benzene rings is 2. The molecular formula is C26H24F3N5O2. The number of alkyl halides is 3. The van der Waals surface area contributed by atoms with Crippen LogP contribution < -0.4 is 10.1 Å². The molecule has 186 valence electrons. The first kappa shape index (κ1) is 24.0. The molecular weight excluding hydrogens is 471 g/mol. The van der Waals surface area contributed by atoms with Crippen molar-refractivity contribution in [2.75, 3.05) is 44.8 Å². The molecule has 1 aliphatic heterocycles. The van der Waals surface area contributed by atoms with Crippen molar-refractivity contribution in [1.82, 2.24) is 19.9 Å². The van der Waals surface area contributed by atoms with Gasteiger partial charge in [0.1, 0.15) is 12.4 Å². The summed E-state index contributed by atoms with van der Waals surface area (Å²) in [6.07, 6.45) is -2.67. The second-order valence-corrected chi connectivity index (χ2v) is 8.33. The van der Waals surface area contributed by atoms with Gasteiger partial charge in [-0.25, -0.2) is 0 Å². The molecule has 0 saturated carbocycles. The maximum Gasteiger partial charge on any atom is 0.416 e. The molecule has 1 fully saturated rings. The Kier molecular flexibility index (Phi) is 6.97. The summed E-state index contributed by atoms with van der Waals surface area (Å²) < 4.78 is 50.1. The van der Waals surface area contributed by atoms with Gasteiger partial charge in [-0.3, -0.25) is 9.88 Å². The summed E-state index contributed by atoms with van der Waals surface area (Å²) >= 11 is 0. The van der Waals surface area contributed by atoms with E-state index in [1.807, 2.05) is 30.3 Å². The minimum Gasteiger partial charge on any atom is -0.462 e. The molecule has 0 spiro atoms. The smallest absolute Gasteiger partial charge is 0.416 e. The molecule has 36 heavy (non-hydrogen) atoms. The van der Waals surface area contributed by atoms with E-state index in [1.54, 1.807) is 12.3 Å². The number of rotatable bonds is 7. The average Bonchev–Trinajstić information content (AvgIpc) is 2.89. The van der Waals surface area contributed by atoms with E-state index in [0.29, 0.717) is 43.6 Å². The molecule has 0 amide bonds. The zero-order valence-electron chi connectivity index (χ0n) is 19.3. The summed E-state index contributed by atoms with van der Waals surface area (Å²) in [5.41, 5.74) is 1.99. The van der Waals surface area contributed by atoms with Crippen LogP contribution >= 0.6 is 0 Å². The Hall–Kier alpha value is -3.76. The minimum atomic E-state index is -4.40. The van der Waals surface area contributed by atoms with Crippen molar-refractivity contribution in [3.8, 4) is 17.3 Å². The Labute approximate surface area is 205 Å².